The number of rotatable bonds is 4. The van der Waals surface area contributed by atoms with E-state index in [2.05, 4.69) is 5.32 Å². The standard InChI is InChI=1S/C20H18ClNO2/c1-2-18(24)22-20(15-9-5-6-10-16(15)21)19-14-8-4-3-7-13(14)11-12-17(19)23/h3-12,20,23H,2H2,1H3,(H,22,24)/t20-/m1/s1. The molecule has 3 aromatic rings. The molecule has 0 aliphatic carbocycles. The number of carbonyl (C=O) groups is 1. The fourth-order valence-electron chi connectivity index (χ4n) is 2.87. The Morgan fingerprint density at radius 1 is 1.08 bits per heavy atom. The zero-order valence-electron chi connectivity index (χ0n) is 13.3. The molecule has 4 heteroatoms. The fraction of sp³-hybridized carbons (Fsp3) is 0.150. The zero-order valence-corrected chi connectivity index (χ0v) is 14.0. The van der Waals surface area contributed by atoms with Crippen LogP contribution < -0.4 is 5.32 Å². The van der Waals surface area contributed by atoms with Gasteiger partial charge in [0.2, 0.25) is 5.91 Å². The van der Waals surface area contributed by atoms with Crippen molar-refractivity contribution < 1.29 is 9.90 Å². The van der Waals surface area contributed by atoms with Crippen LogP contribution in [0.3, 0.4) is 0 Å². The van der Waals surface area contributed by atoms with Crippen molar-refractivity contribution in [1.29, 1.82) is 0 Å². The molecular weight excluding hydrogens is 322 g/mol. The van der Waals surface area contributed by atoms with Crippen molar-refractivity contribution in [2.24, 2.45) is 0 Å². The first kappa shape index (κ1) is 16.3. The highest BCUT2D eigenvalue weighted by atomic mass is 35.5. The summed E-state index contributed by atoms with van der Waals surface area (Å²) < 4.78 is 0. The van der Waals surface area contributed by atoms with Crippen molar-refractivity contribution in [3.63, 3.8) is 0 Å². The first-order valence-corrected chi connectivity index (χ1v) is 8.24. The summed E-state index contributed by atoms with van der Waals surface area (Å²) in [6.07, 6.45) is 0.354. The zero-order chi connectivity index (χ0) is 17.1. The predicted molar refractivity (Wildman–Crippen MR) is 97.3 cm³/mol. The maximum Gasteiger partial charge on any atom is 0.220 e. The predicted octanol–water partition coefficient (Wildman–Crippen LogP) is 4.81. The van der Waals surface area contributed by atoms with Gasteiger partial charge in [-0.1, -0.05) is 67.1 Å². The van der Waals surface area contributed by atoms with Gasteiger partial charge in [0.05, 0.1) is 6.04 Å². The maximum atomic E-state index is 12.1. The summed E-state index contributed by atoms with van der Waals surface area (Å²) in [4.78, 5) is 12.1. The number of nitrogens with one attached hydrogen (secondary N) is 1. The molecule has 122 valence electrons. The lowest BCUT2D eigenvalue weighted by Gasteiger charge is -2.23. The molecule has 0 radical (unpaired) electrons. The molecule has 0 bridgehead atoms. The van der Waals surface area contributed by atoms with Crippen molar-refractivity contribution in [2.45, 2.75) is 19.4 Å². The summed E-state index contributed by atoms with van der Waals surface area (Å²) in [7, 11) is 0. The molecule has 3 rings (SSSR count). The molecule has 0 unspecified atom stereocenters. The van der Waals surface area contributed by atoms with Crippen LogP contribution in [0.5, 0.6) is 5.75 Å². The Bertz CT molecular complexity index is 892. The second-order valence-electron chi connectivity index (χ2n) is 5.60. The van der Waals surface area contributed by atoms with Gasteiger partial charge in [0.25, 0.3) is 0 Å². The molecule has 3 aromatic carbocycles. The van der Waals surface area contributed by atoms with E-state index < -0.39 is 6.04 Å². The van der Waals surface area contributed by atoms with Crippen molar-refractivity contribution in [3.8, 4) is 5.75 Å². The Morgan fingerprint density at radius 2 is 1.79 bits per heavy atom. The summed E-state index contributed by atoms with van der Waals surface area (Å²) in [6, 6.07) is 18.1. The van der Waals surface area contributed by atoms with Crippen LogP contribution in [0.25, 0.3) is 10.8 Å². The van der Waals surface area contributed by atoms with Crippen LogP contribution in [0.15, 0.2) is 60.7 Å². The topological polar surface area (TPSA) is 49.3 Å². The molecule has 0 spiro atoms. The first-order valence-electron chi connectivity index (χ1n) is 7.86. The normalized spacial score (nSPS) is 12.1. The van der Waals surface area contributed by atoms with Gasteiger partial charge in [-0.3, -0.25) is 4.79 Å². The molecule has 0 aromatic heterocycles. The van der Waals surface area contributed by atoms with Crippen LogP contribution >= 0.6 is 11.6 Å². The van der Waals surface area contributed by atoms with Gasteiger partial charge in [0.15, 0.2) is 0 Å². The van der Waals surface area contributed by atoms with Gasteiger partial charge in [-0.2, -0.15) is 0 Å². The average molecular weight is 340 g/mol. The largest absolute Gasteiger partial charge is 0.508 e. The molecule has 0 aliphatic rings. The average Bonchev–Trinajstić information content (AvgIpc) is 2.60. The van der Waals surface area contributed by atoms with E-state index in [9.17, 15) is 9.90 Å². The van der Waals surface area contributed by atoms with Crippen LogP contribution in [0, 0.1) is 0 Å². The molecule has 0 aliphatic heterocycles. The minimum absolute atomic E-state index is 0.104. The Balaban J connectivity index is 2.25. The molecule has 3 nitrogen and oxygen atoms in total. The Labute approximate surface area is 145 Å². The Morgan fingerprint density at radius 3 is 2.54 bits per heavy atom. The summed E-state index contributed by atoms with van der Waals surface area (Å²) >= 11 is 6.37. The van der Waals surface area contributed by atoms with E-state index in [0.717, 1.165) is 16.3 Å². The van der Waals surface area contributed by atoms with Gasteiger partial charge in [0.1, 0.15) is 5.75 Å². The summed E-state index contributed by atoms with van der Waals surface area (Å²) in [5, 5.41) is 15.9. The number of hydrogen-bond donors (Lipinski definition) is 2. The van der Waals surface area contributed by atoms with E-state index in [1.165, 1.54) is 0 Å². The molecule has 2 N–H and O–H groups in total. The van der Waals surface area contributed by atoms with E-state index in [1.807, 2.05) is 48.5 Å². The Kier molecular flexibility index (Phi) is 4.72. The van der Waals surface area contributed by atoms with E-state index in [-0.39, 0.29) is 11.7 Å². The highest BCUT2D eigenvalue weighted by Crippen LogP contribution is 2.38. The van der Waals surface area contributed by atoms with Crippen LogP contribution in [0.4, 0.5) is 0 Å². The van der Waals surface area contributed by atoms with Gasteiger partial charge < -0.3 is 10.4 Å². The van der Waals surface area contributed by atoms with Crippen molar-refractivity contribution in [2.75, 3.05) is 0 Å². The highest BCUT2D eigenvalue weighted by molar-refractivity contribution is 6.31. The second-order valence-corrected chi connectivity index (χ2v) is 6.00. The van der Waals surface area contributed by atoms with Crippen LogP contribution in [-0.4, -0.2) is 11.0 Å². The SMILES string of the molecule is CCC(=O)N[C@H](c1ccccc1Cl)c1c(O)ccc2ccccc12. The number of amides is 1. The summed E-state index contributed by atoms with van der Waals surface area (Å²) in [5.74, 6) is 0.0299. The van der Waals surface area contributed by atoms with Gasteiger partial charge in [-0.05, 0) is 28.5 Å². The highest BCUT2D eigenvalue weighted by Gasteiger charge is 2.23. The van der Waals surface area contributed by atoms with Crippen LogP contribution in [0.2, 0.25) is 5.02 Å². The van der Waals surface area contributed by atoms with Gasteiger partial charge in [0, 0.05) is 17.0 Å². The van der Waals surface area contributed by atoms with Gasteiger partial charge in [-0.25, -0.2) is 0 Å². The number of hydrogen-bond acceptors (Lipinski definition) is 2. The minimum atomic E-state index is -0.516. The quantitative estimate of drug-likeness (QED) is 0.716. The number of benzene rings is 3. The van der Waals surface area contributed by atoms with E-state index in [1.54, 1.807) is 19.1 Å². The third-order valence-corrected chi connectivity index (χ3v) is 4.42. The lowest BCUT2D eigenvalue weighted by molar-refractivity contribution is -0.121. The molecule has 24 heavy (non-hydrogen) atoms. The molecule has 1 atom stereocenters. The number of phenols is 1. The fourth-order valence-corrected chi connectivity index (χ4v) is 3.11. The lowest BCUT2D eigenvalue weighted by atomic mass is 9.92. The Hall–Kier alpha value is -2.52. The lowest BCUT2D eigenvalue weighted by Crippen LogP contribution is -2.29. The second kappa shape index (κ2) is 6.93. The first-order chi connectivity index (χ1) is 11.6. The molecule has 0 fully saturated rings. The van der Waals surface area contributed by atoms with E-state index in [0.29, 0.717) is 17.0 Å². The summed E-state index contributed by atoms with van der Waals surface area (Å²) in [5.41, 5.74) is 1.41. The van der Waals surface area contributed by atoms with Crippen molar-refractivity contribution in [3.05, 3.63) is 76.8 Å². The van der Waals surface area contributed by atoms with Gasteiger partial charge >= 0.3 is 0 Å². The molecule has 0 heterocycles. The molecule has 0 saturated carbocycles. The third kappa shape index (κ3) is 3.08. The minimum Gasteiger partial charge on any atom is -0.508 e. The smallest absolute Gasteiger partial charge is 0.220 e. The van der Waals surface area contributed by atoms with E-state index in [4.69, 9.17) is 11.6 Å². The number of fused-ring (bicyclic) bond motifs is 1. The van der Waals surface area contributed by atoms with Crippen LogP contribution in [0.1, 0.15) is 30.5 Å². The molecule has 0 saturated heterocycles. The molecule has 1 amide bonds. The van der Waals surface area contributed by atoms with Crippen molar-refractivity contribution >= 4 is 28.3 Å². The van der Waals surface area contributed by atoms with Gasteiger partial charge in [-0.15, -0.1) is 0 Å². The maximum absolute atomic E-state index is 12.1. The number of phenolic OH excluding ortho intramolecular Hbond substituents is 1. The van der Waals surface area contributed by atoms with Crippen LogP contribution in [-0.2, 0) is 4.79 Å². The van der Waals surface area contributed by atoms with Crippen molar-refractivity contribution in [1.82, 2.24) is 5.32 Å². The number of carbonyl (C=O) groups excluding carboxylic acids is 1. The molecular formula is C20H18ClNO2. The third-order valence-electron chi connectivity index (χ3n) is 4.08. The number of aromatic hydroxyl groups is 1. The number of halogens is 1. The summed E-state index contributed by atoms with van der Waals surface area (Å²) in [6.45, 7) is 1.79. The van der Waals surface area contributed by atoms with E-state index >= 15 is 0 Å². The monoisotopic (exact) mass is 339 g/mol.